The monoisotopic (exact) mass is 200 g/mol. The second-order valence-corrected chi connectivity index (χ2v) is 3.99. The lowest BCUT2D eigenvalue weighted by molar-refractivity contribution is 0.101. The third-order valence-corrected chi connectivity index (χ3v) is 2.26. The number of ketones is 1. The minimum atomic E-state index is -3.77. The first-order chi connectivity index (χ1) is 5.91. The van der Waals surface area contributed by atoms with Gasteiger partial charge in [-0.1, -0.05) is 0 Å². The number of nitrogens with zero attached hydrogens (tertiary/aromatic N) is 1. The molecule has 0 radical (unpaired) electrons. The maximum atomic E-state index is 10.8. The van der Waals surface area contributed by atoms with Crippen molar-refractivity contribution in [1.29, 1.82) is 0 Å². The molecule has 0 saturated carbocycles. The second-order valence-electron chi connectivity index (χ2n) is 2.49. The fourth-order valence-electron chi connectivity index (χ4n) is 0.757. The van der Waals surface area contributed by atoms with Crippen molar-refractivity contribution in [1.82, 2.24) is 4.98 Å². The number of hydrogen-bond acceptors (Lipinski definition) is 4. The van der Waals surface area contributed by atoms with Gasteiger partial charge in [0, 0.05) is 11.8 Å². The summed E-state index contributed by atoms with van der Waals surface area (Å²) in [7, 11) is -3.77. The number of pyridine rings is 1. The first-order valence-electron chi connectivity index (χ1n) is 3.41. The van der Waals surface area contributed by atoms with Crippen LogP contribution in [0.25, 0.3) is 0 Å². The normalized spacial score (nSPS) is 11.2. The van der Waals surface area contributed by atoms with E-state index in [0.29, 0.717) is 5.56 Å². The molecule has 70 valence electrons. The number of carbonyl (C=O) groups excluding carboxylic acids is 1. The van der Waals surface area contributed by atoms with Gasteiger partial charge in [0.05, 0.1) is 0 Å². The van der Waals surface area contributed by atoms with Crippen molar-refractivity contribution in [3.63, 3.8) is 0 Å². The van der Waals surface area contributed by atoms with Gasteiger partial charge in [0.2, 0.25) is 0 Å². The molecule has 0 spiro atoms. The molecule has 0 aliphatic carbocycles. The molecule has 0 bridgehead atoms. The van der Waals surface area contributed by atoms with Gasteiger partial charge in [0.1, 0.15) is 0 Å². The molecule has 5 nitrogen and oxygen atoms in total. The van der Waals surface area contributed by atoms with Gasteiger partial charge in [-0.15, -0.1) is 0 Å². The van der Waals surface area contributed by atoms with Crippen molar-refractivity contribution in [2.45, 2.75) is 11.9 Å². The van der Waals surface area contributed by atoms with Crippen LogP contribution in [0.4, 0.5) is 0 Å². The van der Waals surface area contributed by atoms with E-state index in [2.05, 4.69) is 4.98 Å². The number of nitrogens with two attached hydrogens (primary N) is 1. The summed E-state index contributed by atoms with van der Waals surface area (Å²) in [6.45, 7) is 1.37. The topological polar surface area (TPSA) is 90.1 Å². The van der Waals surface area contributed by atoms with E-state index in [1.165, 1.54) is 25.3 Å². The Kier molecular flexibility index (Phi) is 2.44. The highest BCUT2D eigenvalue weighted by Crippen LogP contribution is 2.04. The molecule has 0 fully saturated rings. The van der Waals surface area contributed by atoms with Crippen LogP contribution in [0.2, 0.25) is 0 Å². The van der Waals surface area contributed by atoms with Crippen LogP contribution in [-0.2, 0) is 10.0 Å². The van der Waals surface area contributed by atoms with Crippen molar-refractivity contribution < 1.29 is 13.2 Å². The molecule has 0 atom stereocenters. The zero-order valence-electron chi connectivity index (χ0n) is 6.89. The number of primary sulfonamides is 1. The molecule has 2 N–H and O–H groups in total. The smallest absolute Gasteiger partial charge is 0.255 e. The second kappa shape index (κ2) is 3.23. The largest absolute Gasteiger partial charge is 0.294 e. The van der Waals surface area contributed by atoms with Gasteiger partial charge in [-0.25, -0.2) is 18.5 Å². The van der Waals surface area contributed by atoms with Crippen LogP contribution in [-0.4, -0.2) is 19.2 Å². The first kappa shape index (κ1) is 9.82. The van der Waals surface area contributed by atoms with E-state index < -0.39 is 10.0 Å². The summed E-state index contributed by atoms with van der Waals surface area (Å²) >= 11 is 0. The van der Waals surface area contributed by atoms with Gasteiger partial charge in [0.25, 0.3) is 10.0 Å². The summed E-state index contributed by atoms with van der Waals surface area (Å²) in [6.07, 6.45) is 1.18. The van der Waals surface area contributed by atoms with E-state index >= 15 is 0 Å². The van der Waals surface area contributed by atoms with Gasteiger partial charge in [-0.05, 0) is 19.1 Å². The first-order valence-corrected chi connectivity index (χ1v) is 4.95. The van der Waals surface area contributed by atoms with E-state index in [1.54, 1.807) is 0 Å². The lowest BCUT2D eigenvalue weighted by atomic mass is 10.2. The van der Waals surface area contributed by atoms with E-state index in [1.807, 2.05) is 0 Å². The summed E-state index contributed by atoms with van der Waals surface area (Å²) in [4.78, 5) is 14.3. The maximum Gasteiger partial charge on any atom is 0.255 e. The van der Waals surface area contributed by atoms with Crippen LogP contribution < -0.4 is 5.14 Å². The van der Waals surface area contributed by atoms with Crippen LogP contribution >= 0.6 is 0 Å². The highest BCUT2D eigenvalue weighted by atomic mass is 32.2. The third kappa shape index (κ3) is 2.33. The molecule has 13 heavy (non-hydrogen) atoms. The average molecular weight is 200 g/mol. The molecular weight excluding hydrogens is 192 g/mol. The average Bonchev–Trinajstić information content (AvgIpc) is 2.03. The molecule has 1 aromatic rings. The minimum Gasteiger partial charge on any atom is -0.294 e. The van der Waals surface area contributed by atoms with Crippen LogP contribution in [0.15, 0.2) is 23.4 Å². The van der Waals surface area contributed by atoms with Gasteiger partial charge in [-0.2, -0.15) is 0 Å². The SMILES string of the molecule is CC(=O)c1ccc(S(N)(=O)=O)nc1. The van der Waals surface area contributed by atoms with Crippen LogP contribution in [0.3, 0.4) is 0 Å². The molecule has 0 aliphatic heterocycles. The van der Waals surface area contributed by atoms with Crippen LogP contribution in [0.5, 0.6) is 0 Å². The predicted octanol–water partition coefficient (Wildman–Crippen LogP) is -0.0684. The molecule has 0 aromatic carbocycles. The maximum absolute atomic E-state index is 10.8. The standard InChI is InChI=1S/C7H8N2O3S/c1-5(10)6-2-3-7(9-4-6)13(8,11)12/h2-4H,1H3,(H2,8,11,12). The van der Waals surface area contributed by atoms with Crippen molar-refractivity contribution in [2.75, 3.05) is 0 Å². The van der Waals surface area contributed by atoms with E-state index in [-0.39, 0.29) is 10.8 Å². The van der Waals surface area contributed by atoms with E-state index in [9.17, 15) is 13.2 Å². The number of carbonyl (C=O) groups is 1. The molecule has 0 aliphatic rings. The Morgan fingerprint density at radius 2 is 2.08 bits per heavy atom. The Labute approximate surface area is 75.6 Å². The van der Waals surface area contributed by atoms with Gasteiger partial charge in [-0.3, -0.25) is 4.79 Å². The summed E-state index contributed by atoms with van der Waals surface area (Å²) in [5.41, 5.74) is 0.354. The molecule has 0 saturated heterocycles. The predicted molar refractivity (Wildman–Crippen MR) is 45.6 cm³/mol. The van der Waals surface area contributed by atoms with Crippen molar-refractivity contribution in [3.05, 3.63) is 23.9 Å². The lowest BCUT2D eigenvalue weighted by Crippen LogP contribution is -2.14. The zero-order chi connectivity index (χ0) is 10.1. The molecule has 1 aromatic heterocycles. The number of sulfonamides is 1. The Morgan fingerprint density at radius 3 is 2.38 bits per heavy atom. The van der Waals surface area contributed by atoms with Gasteiger partial charge in [0.15, 0.2) is 10.8 Å². The minimum absolute atomic E-state index is 0.173. The zero-order valence-corrected chi connectivity index (χ0v) is 7.71. The fraction of sp³-hybridized carbons (Fsp3) is 0.143. The highest BCUT2D eigenvalue weighted by molar-refractivity contribution is 7.89. The Bertz CT molecular complexity index is 422. The van der Waals surface area contributed by atoms with Crippen LogP contribution in [0.1, 0.15) is 17.3 Å². The lowest BCUT2D eigenvalue weighted by Gasteiger charge is -1.97. The summed E-state index contributed by atoms with van der Waals surface area (Å²) in [5, 5.41) is 4.57. The van der Waals surface area contributed by atoms with Crippen molar-refractivity contribution in [3.8, 4) is 0 Å². The molecule has 0 unspecified atom stereocenters. The molecule has 1 rings (SSSR count). The summed E-state index contributed by atoms with van der Waals surface area (Å²) in [6, 6.07) is 2.57. The van der Waals surface area contributed by atoms with Crippen LogP contribution in [0, 0.1) is 0 Å². The van der Waals surface area contributed by atoms with E-state index in [4.69, 9.17) is 5.14 Å². The quantitative estimate of drug-likeness (QED) is 0.676. The van der Waals surface area contributed by atoms with Crippen molar-refractivity contribution >= 4 is 15.8 Å². The molecule has 6 heteroatoms. The fourth-order valence-corrected chi connectivity index (χ4v) is 1.21. The molecule has 0 amide bonds. The Balaban J connectivity index is 3.16. The Morgan fingerprint density at radius 1 is 1.46 bits per heavy atom. The van der Waals surface area contributed by atoms with Gasteiger partial charge >= 0.3 is 0 Å². The Hall–Kier alpha value is -1.27. The number of rotatable bonds is 2. The molecular formula is C7H8N2O3S. The van der Waals surface area contributed by atoms with Gasteiger partial charge < -0.3 is 0 Å². The summed E-state index contributed by atoms with van der Waals surface area (Å²) in [5.74, 6) is -0.173. The number of aromatic nitrogens is 1. The highest BCUT2D eigenvalue weighted by Gasteiger charge is 2.09. The summed E-state index contributed by atoms with van der Waals surface area (Å²) < 4.78 is 21.5. The van der Waals surface area contributed by atoms with Crippen molar-refractivity contribution in [2.24, 2.45) is 5.14 Å². The third-order valence-electron chi connectivity index (χ3n) is 1.43. The van der Waals surface area contributed by atoms with E-state index in [0.717, 1.165) is 0 Å². The molecule has 1 heterocycles. The number of Topliss-reactive ketones (excluding diaryl/α,β-unsaturated/α-hetero) is 1. The number of hydrogen-bond donors (Lipinski definition) is 1.